The summed E-state index contributed by atoms with van der Waals surface area (Å²) in [5.41, 5.74) is 12.5. The van der Waals surface area contributed by atoms with Gasteiger partial charge in [0.15, 0.2) is 5.58 Å². The molecule has 0 amide bonds. The zero-order chi connectivity index (χ0) is 32.0. The minimum Gasteiger partial charge on any atom is -0.456 e. The minimum absolute atomic E-state index is 0.229. The van der Waals surface area contributed by atoms with Gasteiger partial charge in [-0.1, -0.05) is 98.8 Å². The van der Waals surface area contributed by atoms with Crippen LogP contribution in [0.1, 0.15) is 25.0 Å². The summed E-state index contributed by atoms with van der Waals surface area (Å²) >= 11 is 0. The van der Waals surface area contributed by atoms with E-state index in [2.05, 4.69) is 128 Å². The first-order valence-corrected chi connectivity index (χ1v) is 16.4. The molecular weight excluding hydrogens is 588 g/mol. The topological polar surface area (TPSA) is 42.4 Å². The Kier molecular flexibility index (Phi) is 5.59. The monoisotopic (exact) mass is 618 g/mol. The second-order valence-corrected chi connectivity index (χ2v) is 13.2. The highest BCUT2D eigenvalue weighted by Crippen LogP contribution is 2.56. The highest BCUT2D eigenvalue weighted by Gasteiger charge is 2.40. The fourth-order valence-electron chi connectivity index (χ4n) is 8.03. The molecule has 0 atom stereocenters. The molecule has 0 saturated carbocycles. The fraction of sp³-hybridized carbons (Fsp3) is 0.0682. The molecule has 10 rings (SSSR count). The van der Waals surface area contributed by atoms with E-state index in [4.69, 9.17) is 13.8 Å². The third-order valence-corrected chi connectivity index (χ3v) is 10.0. The van der Waals surface area contributed by atoms with Crippen LogP contribution < -0.4 is 4.90 Å². The minimum atomic E-state index is -0.229. The summed E-state index contributed by atoms with van der Waals surface area (Å²) in [5, 5.41) is 4.61. The van der Waals surface area contributed by atoms with Gasteiger partial charge in [0.2, 0.25) is 5.89 Å². The first-order chi connectivity index (χ1) is 23.6. The van der Waals surface area contributed by atoms with Gasteiger partial charge in [0.25, 0.3) is 0 Å². The van der Waals surface area contributed by atoms with Crippen molar-refractivity contribution in [3.05, 3.63) is 157 Å². The van der Waals surface area contributed by atoms with E-state index in [9.17, 15) is 0 Å². The Bertz CT molecular complexity index is 2680. The normalized spacial score (nSPS) is 13.4. The summed E-state index contributed by atoms with van der Waals surface area (Å²) in [6.07, 6.45) is 0. The van der Waals surface area contributed by atoms with E-state index in [1.807, 2.05) is 36.4 Å². The molecule has 228 valence electrons. The van der Waals surface area contributed by atoms with Gasteiger partial charge in [-0.3, -0.25) is 0 Å². The van der Waals surface area contributed by atoms with Crippen LogP contribution in [0.4, 0.5) is 17.1 Å². The molecular formula is C44H30N2O2. The average Bonchev–Trinajstić information content (AvgIpc) is 3.79. The van der Waals surface area contributed by atoms with Crippen molar-refractivity contribution >= 4 is 60.9 Å². The van der Waals surface area contributed by atoms with E-state index in [1.165, 1.54) is 33.0 Å². The predicted molar refractivity (Wildman–Crippen MR) is 196 cm³/mol. The van der Waals surface area contributed by atoms with Gasteiger partial charge in [-0.15, -0.1) is 0 Å². The van der Waals surface area contributed by atoms with Gasteiger partial charge < -0.3 is 13.7 Å². The summed E-state index contributed by atoms with van der Waals surface area (Å²) in [5.74, 6) is 0.591. The zero-order valence-electron chi connectivity index (χ0n) is 26.6. The molecule has 0 fully saturated rings. The molecule has 4 nitrogen and oxygen atoms in total. The van der Waals surface area contributed by atoms with Crippen molar-refractivity contribution in [2.24, 2.45) is 0 Å². The second-order valence-electron chi connectivity index (χ2n) is 13.2. The summed E-state index contributed by atoms with van der Waals surface area (Å²) < 4.78 is 12.8. The molecule has 2 aromatic heterocycles. The van der Waals surface area contributed by atoms with E-state index in [1.54, 1.807) is 0 Å². The van der Waals surface area contributed by atoms with E-state index >= 15 is 0 Å². The number of anilines is 3. The number of hydrogen-bond acceptors (Lipinski definition) is 4. The fourth-order valence-corrected chi connectivity index (χ4v) is 8.03. The lowest BCUT2D eigenvalue weighted by Crippen LogP contribution is -2.21. The molecule has 0 saturated heterocycles. The van der Waals surface area contributed by atoms with Crippen molar-refractivity contribution in [2.45, 2.75) is 19.3 Å². The number of fused-ring (bicyclic) bond motifs is 9. The lowest BCUT2D eigenvalue weighted by molar-refractivity contribution is 0.620. The van der Waals surface area contributed by atoms with Crippen molar-refractivity contribution < 1.29 is 8.83 Å². The number of rotatable bonds is 4. The summed E-state index contributed by atoms with van der Waals surface area (Å²) in [6.45, 7) is 4.74. The maximum Gasteiger partial charge on any atom is 0.228 e. The molecule has 7 aromatic carbocycles. The van der Waals surface area contributed by atoms with Gasteiger partial charge in [-0.2, -0.15) is 0 Å². The lowest BCUT2D eigenvalue weighted by atomic mass is 9.79. The van der Waals surface area contributed by atoms with Gasteiger partial charge >= 0.3 is 0 Å². The highest BCUT2D eigenvalue weighted by molar-refractivity contribution is 6.12. The number of para-hydroxylation sites is 3. The zero-order valence-corrected chi connectivity index (χ0v) is 26.6. The number of hydrogen-bond donors (Lipinski definition) is 0. The Hall–Kier alpha value is -6.13. The van der Waals surface area contributed by atoms with Crippen molar-refractivity contribution in [1.29, 1.82) is 0 Å². The molecule has 48 heavy (non-hydrogen) atoms. The van der Waals surface area contributed by atoms with Crippen LogP contribution in [0.25, 0.3) is 66.4 Å². The second kappa shape index (κ2) is 9.93. The molecule has 4 heteroatoms. The third-order valence-electron chi connectivity index (χ3n) is 10.0. The Labute approximate surface area is 277 Å². The molecule has 1 aliphatic rings. The Morgan fingerprint density at radius 3 is 2.17 bits per heavy atom. The third kappa shape index (κ3) is 3.80. The summed E-state index contributed by atoms with van der Waals surface area (Å²) in [7, 11) is 0. The van der Waals surface area contributed by atoms with Gasteiger partial charge in [0.05, 0.1) is 5.69 Å². The molecule has 0 unspecified atom stereocenters. The largest absolute Gasteiger partial charge is 0.456 e. The Morgan fingerprint density at radius 2 is 1.27 bits per heavy atom. The summed E-state index contributed by atoms with van der Waals surface area (Å²) in [4.78, 5) is 7.19. The molecule has 0 bridgehead atoms. The van der Waals surface area contributed by atoms with Crippen LogP contribution >= 0.6 is 0 Å². The van der Waals surface area contributed by atoms with Crippen LogP contribution in [0, 0.1) is 0 Å². The van der Waals surface area contributed by atoms with Gasteiger partial charge in [0.1, 0.15) is 16.7 Å². The van der Waals surface area contributed by atoms with Gasteiger partial charge in [-0.05, 0) is 87.6 Å². The quantitative estimate of drug-likeness (QED) is 0.197. The number of furan rings is 1. The highest BCUT2D eigenvalue weighted by atomic mass is 16.3. The van der Waals surface area contributed by atoms with E-state index < -0.39 is 0 Å². The van der Waals surface area contributed by atoms with Gasteiger partial charge in [-0.25, -0.2) is 4.98 Å². The smallest absolute Gasteiger partial charge is 0.228 e. The van der Waals surface area contributed by atoms with Crippen molar-refractivity contribution in [3.63, 3.8) is 0 Å². The molecule has 0 N–H and O–H groups in total. The molecule has 2 heterocycles. The standard InChI is InChI=1S/C44H30N2O2/c1-44(2)41-30-15-7-6-12-27(30)22-24-32(41)31-16-10-19-36(42(31)44)46(28-13-4-3-5-14-28)29-23-25-33-39(26-29)47-38-21-11-17-34(40(33)38)43-45-35-18-8-9-20-37(35)48-43/h3-26H,1-2H3. The van der Waals surface area contributed by atoms with E-state index in [0.717, 1.165) is 55.7 Å². The van der Waals surface area contributed by atoms with E-state index in [-0.39, 0.29) is 5.41 Å². The Morgan fingerprint density at radius 1 is 0.521 bits per heavy atom. The first kappa shape index (κ1) is 27.0. The SMILES string of the molecule is CC1(C)c2c(cccc2N(c2ccccc2)c2ccc3c(c2)oc2cccc(-c4nc5ccccc5o4)c23)-c2ccc3ccccc3c21. The van der Waals surface area contributed by atoms with Crippen molar-refractivity contribution in [3.8, 4) is 22.6 Å². The number of oxazole rings is 1. The maximum atomic E-state index is 6.59. The molecule has 0 radical (unpaired) electrons. The molecule has 0 spiro atoms. The van der Waals surface area contributed by atoms with Crippen molar-refractivity contribution in [1.82, 2.24) is 4.98 Å². The van der Waals surface area contributed by atoms with Gasteiger partial charge in [0, 0.05) is 39.2 Å². The van der Waals surface area contributed by atoms with Crippen LogP contribution in [0.5, 0.6) is 0 Å². The molecule has 0 aliphatic heterocycles. The predicted octanol–water partition coefficient (Wildman–Crippen LogP) is 12.3. The lowest BCUT2D eigenvalue weighted by Gasteiger charge is -2.32. The first-order valence-electron chi connectivity index (χ1n) is 16.4. The molecule has 1 aliphatic carbocycles. The van der Waals surface area contributed by atoms with Crippen molar-refractivity contribution in [2.75, 3.05) is 4.90 Å². The van der Waals surface area contributed by atoms with Crippen LogP contribution in [-0.2, 0) is 5.41 Å². The van der Waals surface area contributed by atoms with Crippen LogP contribution in [0.3, 0.4) is 0 Å². The maximum absolute atomic E-state index is 6.59. The number of benzene rings is 7. The average molecular weight is 619 g/mol. The Balaban J connectivity index is 1.18. The van der Waals surface area contributed by atoms with Crippen LogP contribution in [0.2, 0.25) is 0 Å². The van der Waals surface area contributed by atoms with E-state index in [0.29, 0.717) is 5.89 Å². The number of aromatic nitrogens is 1. The van der Waals surface area contributed by atoms with Crippen LogP contribution in [-0.4, -0.2) is 4.98 Å². The van der Waals surface area contributed by atoms with Crippen LogP contribution in [0.15, 0.2) is 154 Å². The summed E-state index contributed by atoms with van der Waals surface area (Å²) in [6, 6.07) is 51.2. The molecule has 9 aromatic rings. The number of nitrogens with zero attached hydrogens (tertiary/aromatic N) is 2.